The Morgan fingerprint density at radius 3 is 2.27 bits per heavy atom. The van der Waals surface area contributed by atoms with E-state index in [4.69, 9.17) is 33.2 Å². The molecule has 0 aromatic heterocycles. The molecular formula is C41H70N2O13. The molecule has 0 saturated carbocycles. The normalized spacial score (nSPS) is 44.2. The summed E-state index contributed by atoms with van der Waals surface area (Å²) in [6.45, 7) is 20.6. The van der Waals surface area contributed by atoms with Gasteiger partial charge in [0.05, 0.1) is 29.8 Å². The van der Waals surface area contributed by atoms with Crippen LogP contribution in [-0.4, -0.2) is 144 Å². The number of alkyl carbamates (subject to hydrolysis) is 1. The molecular weight excluding hydrogens is 728 g/mol. The summed E-state index contributed by atoms with van der Waals surface area (Å²) >= 11 is 0. The van der Waals surface area contributed by atoms with Gasteiger partial charge in [0.25, 0.3) is 0 Å². The predicted molar refractivity (Wildman–Crippen MR) is 207 cm³/mol. The number of esters is 1. The van der Waals surface area contributed by atoms with Crippen molar-refractivity contribution in [3.63, 3.8) is 0 Å². The molecule has 0 aliphatic carbocycles. The van der Waals surface area contributed by atoms with Gasteiger partial charge < -0.3 is 58.7 Å². The zero-order chi connectivity index (χ0) is 42.5. The lowest BCUT2D eigenvalue weighted by molar-refractivity contribution is -0.317. The Labute approximate surface area is 333 Å². The van der Waals surface area contributed by atoms with Crippen LogP contribution in [0, 0.1) is 17.8 Å². The average Bonchev–Trinajstić information content (AvgIpc) is 3.12. The Balaban J connectivity index is 2.32. The molecule has 3 aliphatic heterocycles. The summed E-state index contributed by atoms with van der Waals surface area (Å²) in [6.07, 6.45) is -5.98. The van der Waals surface area contributed by atoms with Crippen LogP contribution in [0.4, 0.5) is 4.79 Å². The molecule has 2 saturated heterocycles. The van der Waals surface area contributed by atoms with Crippen molar-refractivity contribution in [2.75, 3.05) is 27.7 Å². The molecule has 15 nitrogen and oxygen atoms in total. The third-order valence-corrected chi connectivity index (χ3v) is 11.9. The molecule has 2 fully saturated rings. The lowest BCUT2D eigenvalue weighted by Crippen LogP contribution is -2.61. The van der Waals surface area contributed by atoms with Crippen LogP contribution in [-0.2, 0) is 42.7 Å². The van der Waals surface area contributed by atoms with Crippen molar-refractivity contribution >= 4 is 17.8 Å². The zero-order valence-electron chi connectivity index (χ0n) is 35.8. The van der Waals surface area contributed by atoms with Crippen molar-refractivity contribution in [2.24, 2.45) is 17.8 Å². The highest BCUT2D eigenvalue weighted by molar-refractivity contribution is 5.96. The number of nitrogens with zero attached hydrogens (tertiary/aromatic N) is 1. The molecule has 0 spiro atoms. The van der Waals surface area contributed by atoms with E-state index in [0.717, 1.165) is 0 Å². The molecule has 56 heavy (non-hydrogen) atoms. The van der Waals surface area contributed by atoms with E-state index in [2.05, 4.69) is 11.9 Å². The minimum atomic E-state index is -1.72. The number of ketones is 1. The lowest BCUT2D eigenvalue weighted by Gasteiger charge is -2.49. The van der Waals surface area contributed by atoms with Gasteiger partial charge in [-0.3, -0.25) is 9.59 Å². The smallest absolute Gasteiger partial charge is 0.408 e. The summed E-state index contributed by atoms with van der Waals surface area (Å²) in [4.78, 5) is 43.8. The summed E-state index contributed by atoms with van der Waals surface area (Å²) in [5.41, 5.74) is -4.22. The van der Waals surface area contributed by atoms with Crippen molar-refractivity contribution in [1.29, 1.82) is 0 Å². The number of aliphatic hydroxyl groups excluding tert-OH is 2. The van der Waals surface area contributed by atoms with Crippen LogP contribution in [0.5, 0.6) is 0 Å². The summed E-state index contributed by atoms with van der Waals surface area (Å²) in [5, 5.41) is 37.0. The molecule has 3 rings (SSSR count). The first-order chi connectivity index (χ1) is 25.9. The highest BCUT2D eigenvalue weighted by atomic mass is 16.7. The molecule has 3 aliphatic rings. The van der Waals surface area contributed by atoms with Crippen molar-refractivity contribution in [1.82, 2.24) is 10.2 Å². The second-order valence-electron chi connectivity index (χ2n) is 17.0. The molecule has 4 N–H and O–H groups in total. The van der Waals surface area contributed by atoms with Crippen LogP contribution in [0.2, 0.25) is 0 Å². The highest BCUT2D eigenvalue weighted by Gasteiger charge is 2.54. The quantitative estimate of drug-likeness (QED) is 0.185. The molecule has 0 radical (unpaired) electrons. The molecule has 15 heteroatoms. The monoisotopic (exact) mass is 798 g/mol. The van der Waals surface area contributed by atoms with Gasteiger partial charge >= 0.3 is 12.1 Å². The van der Waals surface area contributed by atoms with E-state index in [1.807, 2.05) is 25.9 Å². The maximum Gasteiger partial charge on any atom is 0.408 e. The van der Waals surface area contributed by atoms with Crippen LogP contribution in [0.3, 0.4) is 0 Å². The van der Waals surface area contributed by atoms with Crippen molar-refractivity contribution < 1.29 is 62.9 Å². The van der Waals surface area contributed by atoms with E-state index in [-0.39, 0.29) is 49.3 Å². The van der Waals surface area contributed by atoms with Gasteiger partial charge in [-0.25, -0.2) is 4.79 Å². The second kappa shape index (κ2) is 19.5. The van der Waals surface area contributed by atoms with Crippen LogP contribution in [0.25, 0.3) is 0 Å². The number of Topliss-reactive ketones (excluding diaryl/α,β-unsaturated/α-hetero) is 1. The average molecular weight is 799 g/mol. The molecule has 322 valence electrons. The van der Waals surface area contributed by atoms with E-state index in [1.165, 1.54) is 26.2 Å². The van der Waals surface area contributed by atoms with E-state index < -0.39 is 95.8 Å². The summed E-state index contributed by atoms with van der Waals surface area (Å²) < 4.78 is 44.1. The van der Waals surface area contributed by atoms with Gasteiger partial charge in [0.15, 0.2) is 18.4 Å². The number of hydrogen-bond acceptors (Lipinski definition) is 14. The third-order valence-electron chi connectivity index (χ3n) is 11.9. The fourth-order valence-corrected chi connectivity index (χ4v) is 8.57. The Kier molecular flexibility index (Phi) is 16.7. The number of cyclic esters (lactones) is 1. The first kappa shape index (κ1) is 47.9. The third kappa shape index (κ3) is 11.2. The predicted octanol–water partition coefficient (Wildman–Crippen LogP) is 3.65. The van der Waals surface area contributed by atoms with Gasteiger partial charge in [0, 0.05) is 38.0 Å². The Bertz CT molecular complexity index is 1390. The minimum absolute atomic E-state index is 0.0810. The molecule has 1 amide bonds. The van der Waals surface area contributed by atoms with Crippen LogP contribution in [0.15, 0.2) is 24.3 Å². The minimum Gasteiger partial charge on any atom is -0.459 e. The second-order valence-corrected chi connectivity index (χ2v) is 17.0. The number of likely N-dealkylation sites (N-methyl/N-ethyl adjacent to an activating group) is 1. The molecule has 16 atom stereocenters. The maximum absolute atomic E-state index is 14.3. The number of nitrogens with one attached hydrogen (secondary N) is 1. The number of ether oxygens (including phenoxy) is 7. The standard InChI is InChI=1S/C41H70N2O13/c1-15-17-42-38(48)56-41(11)20-23(4)31(44)22(3)19-39(9,49)29(16-2)53-36(47)26(7)33(54-30-21-40(10,50-14)34(46)27(8)52-30)25(6)35(41)55-37-32(45)28(43(12)13)18-24(5)51-37/h15,19,23-30,32-35,37,45-46,49H,1,16-18,20-21H2,2-14H3,(H,42,48)/b22-19+/t23-,24-,25+,26-,27+,28+,29-,30+,32-,33+,34+,35-,37?,39+,40-,41-/m1/s1. The van der Waals surface area contributed by atoms with Crippen LogP contribution in [0.1, 0.15) is 94.9 Å². The fraction of sp³-hybridized carbons (Fsp3) is 0.829. The van der Waals surface area contributed by atoms with Gasteiger partial charge in [-0.15, -0.1) is 6.58 Å². The van der Waals surface area contributed by atoms with E-state index >= 15 is 0 Å². The Morgan fingerprint density at radius 2 is 1.70 bits per heavy atom. The molecule has 1 unspecified atom stereocenters. The largest absolute Gasteiger partial charge is 0.459 e. The first-order valence-corrected chi connectivity index (χ1v) is 19.9. The number of allylic oxidation sites excluding steroid dienone is 1. The number of aliphatic hydroxyl groups is 3. The number of carbonyl (C=O) groups is 3. The van der Waals surface area contributed by atoms with Gasteiger partial charge in [0.2, 0.25) is 0 Å². The molecule has 0 bridgehead atoms. The molecule has 0 aromatic carbocycles. The number of amides is 1. The number of rotatable bonds is 10. The van der Waals surface area contributed by atoms with Gasteiger partial charge in [-0.1, -0.05) is 26.8 Å². The Morgan fingerprint density at radius 1 is 1.05 bits per heavy atom. The fourth-order valence-electron chi connectivity index (χ4n) is 8.57. The van der Waals surface area contributed by atoms with E-state index in [9.17, 15) is 29.7 Å². The summed E-state index contributed by atoms with van der Waals surface area (Å²) in [5.74, 6) is -3.79. The van der Waals surface area contributed by atoms with Crippen LogP contribution < -0.4 is 5.32 Å². The van der Waals surface area contributed by atoms with Crippen molar-refractivity contribution in [2.45, 2.75) is 173 Å². The number of methoxy groups -OCH3 is 1. The molecule has 3 heterocycles. The summed E-state index contributed by atoms with van der Waals surface area (Å²) in [7, 11) is 5.18. The van der Waals surface area contributed by atoms with Gasteiger partial charge in [0.1, 0.15) is 35.6 Å². The lowest BCUT2D eigenvalue weighted by atomic mass is 9.76. The molecule has 0 aromatic rings. The van der Waals surface area contributed by atoms with Gasteiger partial charge in [-0.2, -0.15) is 0 Å². The maximum atomic E-state index is 14.3. The highest BCUT2D eigenvalue weighted by Crippen LogP contribution is 2.41. The van der Waals surface area contributed by atoms with E-state index in [1.54, 1.807) is 55.4 Å². The first-order valence-electron chi connectivity index (χ1n) is 19.9. The number of hydrogen-bond donors (Lipinski definition) is 4. The van der Waals surface area contributed by atoms with Crippen LogP contribution >= 0.6 is 0 Å². The van der Waals surface area contributed by atoms with Crippen molar-refractivity contribution in [3.05, 3.63) is 24.3 Å². The summed E-state index contributed by atoms with van der Waals surface area (Å²) in [6, 6.07) is -0.357. The van der Waals surface area contributed by atoms with E-state index in [0.29, 0.717) is 6.42 Å². The van der Waals surface area contributed by atoms with Gasteiger partial charge in [-0.05, 0) is 93.5 Å². The zero-order valence-corrected chi connectivity index (χ0v) is 35.8. The van der Waals surface area contributed by atoms with Crippen molar-refractivity contribution in [3.8, 4) is 0 Å². The Hall–Kier alpha value is -2.47. The topological polar surface area (TPSA) is 192 Å². The SMILES string of the molecule is C=CCNC(=O)O[C@]1(C)C[C@@H](C)C(=O)/C(C)=C/[C@](C)(O)[C@@H](CC)OC(=O)[C@H](C)[C@@H](O[C@H]2C[C@@](C)(OC)[C@@H](O)[C@H](C)O2)[C@H](C)[C@H]1OC1O[C@H](C)C[C@H](N(C)C)[C@H]1O. The number of carbonyl (C=O) groups excluding carboxylic acids is 3.